The number of rotatable bonds is 5. The Hall–Kier alpha value is -2.32. The highest BCUT2D eigenvalue weighted by atomic mass is 19.4. The van der Waals surface area contributed by atoms with Crippen LogP contribution in [0.4, 0.5) is 13.2 Å². The van der Waals surface area contributed by atoms with E-state index in [0.29, 0.717) is 25.9 Å². The topological polar surface area (TPSA) is 79.7 Å². The Morgan fingerprint density at radius 1 is 1.33 bits per heavy atom. The molecule has 1 amide bonds. The third kappa shape index (κ3) is 5.10. The van der Waals surface area contributed by atoms with E-state index >= 15 is 0 Å². The van der Waals surface area contributed by atoms with Crippen LogP contribution in [0.15, 0.2) is 18.3 Å². The van der Waals surface area contributed by atoms with Crippen molar-refractivity contribution in [2.45, 2.75) is 25.4 Å². The Morgan fingerprint density at radius 2 is 2.00 bits per heavy atom. The van der Waals surface area contributed by atoms with Crippen LogP contribution in [-0.2, 0) is 4.79 Å². The van der Waals surface area contributed by atoms with E-state index < -0.39 is 24.7 Å². The van der Waals surface area contributed by atoms with Gasteiger partial charge in [0.25, 0.3) is 5.91 Å². The van der Waals surface area contributed by atoms with Gasteiger partial charge >= 0.3 is 12.1 Å². The van der Waals surface area contributed by atoms with Crippen LogP contribution in [0.5, 0.6) is 5.88 Å². The number of aromatic nitrogens is 1. The zero-order chi connectivity index (χ0) is 17.7. The maximum atomic E-state index is 12.5. The highest BCUT2D eigenvalue weighted by molar-refractivity contribution is 5.96. The molecule has 0 unspecified atom stereocenters. The molecule has 132 valence electrons. The summed E-state index contributed by atoms with van der Waals surface area (Å²) in [4.78, 5) is 28.4. The number of carbonyl (C=O) groups excluding carboxylic acids is 1. The number of alkyl halides is 3. The van der Waals surface area contributed by atoms with Crippen molar-refractivity contribution in [1.82, 2.24) is 9.88 Å². The van der Waals surface area contributed by atoms with Crippen molar-refractivity contribution in [2.24, 2.45) is 5.92 Å². The third-order valence-electron chi connectivity index (χ3n) is 3.74. The van der Waals surface area contributed by atoms with E-state index in [-0.39, 0.29) is 23.8 Å². The van der Waals surface area contributed by atoms with Crippen LogP contribution in [0.25, 0.3) is 0 Å². The van der Waals surface area contributed by atoms with Gasteiger partial charge in [0.05, 0.1) is 0 Å². The first-order chi connectivity index (χ1) is 11.3. The number of carboxylic acids is 1. The van der Waals surface area contributed by atoms with Gasteiger partial charge in [-0.3, -0.25) is 9.59 Å². The summed E-state index contributed by atoms with van der Waals surface area (Å²) >= 11 is 0. The van der Waals surface area contributed by atoms with Crippen molar-refractivity contribution in [3.8, 4) is 5.88 Å². The van der Waals surface area contributed by atoms with Gasteiger partial charge in [0.2, 0.25) is 5.88 Å². The smallest absolute Gasteiger partial charge is 0.422 e. The summed E-state index contributed by atoms with van der Waals surface area (Å²) in [7, 11) is 0. The van der Waals surface area contributed by atoms with Crippen molar-refractivity contribution < 1.29 is 32.6 Å². The van der Waals surface area contributed by atoms with Gasteiger partial charge in [-0.25, -0.2) is 4.98 Å². The summed E-state index contributed by atoms with van der Waals surface area (Å²) in [6, 6.07) is 2.81. The van der Waals surface area contributed by atoms with Crippen molar-refractivity contribution >= 4 is 11.9 Å². The molecule has 6 nitrogen and oxygen atoms in total. The lowest BCUT2D eigenvalue weighted by molar-refractivity contribution is -0.154. The first kappa shape index (κ1) is 18.0. The van der Waals surface area contributed by atoms with Gasteiger partial charge < -0.3 is 14.7 Å². The molecule has 2 heterocycles. The number of hydrogen-bond donors (Lipinski definition) is 1. The summed E-state index contributed by atoms with van der Waals surface area (Å²) in [5.41, 5.74) is -0.0292. The predicted molar refractivity (Wildman–Crippen MR) is 76.7 cm³/mol. The molecule has 1 aliphatic rings. The molecule has 0 radical (unpaired) electrons. The zero-order valence-corrected chi connectivity index (χ0v) is 12.8. The third-order valence-corrected chi connectivity index (χ3v) is 3.74. The second-order valence-corrected chi connectivity index (χ2v) is 5.59. The highest BCUT2D eigenvalue weighted by Crippen LogP contribution is 2.25. The predicted octanol–water partition coefficient (Wildman–Crippen LogP) is 2.35. The molecule has 2 rings (SSSR count). The summed E-state index contributed by atoms with van der Waals surface area (Å²) in [6.07, 6.45) is -2.14. The molecule has 24 heavy (non-hydrogen) atoms. The molecule has 1 N–H and O–H groups in total. The number of nitrogens with zero attached hydrogens (tertiary/aromatic N) is 2. The summed E-state index contributed by atoms with van der Waals surface area (Å²) in [6.45, 7) is -0.820. The minimum Gasteiger partial charge on any atom is -0.481 e. The number of halogens is 3. The van der Waals surface area contributed by atoms with Crippen LogP contribution in [0, 0.1) is 5.92 Å². The number of carbonyl (C=O) groups is 2. The maximum Gasteiger partial charge on any atom is 0.422 e. The monoisotopic (exact) mass is 346 g/mol. The largest absolute Gasteiger partial charge is 0.481 e. The first-order valence-corrected chi connectivity index (χ1v) is 7.42. The molecule has 0 aromatic carbocycles. The van der Waals surface area contributed by atoms with Gasteiger partial charge in [-0.2, -0.15) is 13.2 Å². The lowest BCUT2D eigenvalue weighted by Crippen LogP contribution is -2.39. The Balaban J connectivity index is 2.01. The van der Waals surface area contributed by atoms with Crippen LogP contribution in [0.2, 0.25) is 0 Å². The van der Waals surface area contributed by atoms with E-state index in [4.69, 9.17) is 5.11 Å². The SMILES string of the molecule is O=C(O)CC1CCN(C(=O)c2cccnc2OCC(F)(F)F)CC1. The van der Waals surface area contributed by atoms with Crippen LogP contribution in [0.3, 0.4) is 0 Å². The van der Waals surface area contributed by atoms with E-state index in [1.807, 2.05) is 0 Å². The normalized spacial score (nSPS) is 16.0. The molecule has 1 aromatic rings. The van der Waals surface area contributed by atoms with Crippen molar-refractivity contribution in [1.29, 1.82) is 0 Å². The second-order valence-electron chi connectivity index (χ2n) is 5.59. The van der Waals surface area contributed by atoms with Gasteiger partial charge in [0.1, 0.15) is 5.56 Å². The highest BCUT2D eigenvalue weighted by Gasteiger charge is 2.31. The van der Waals surface area contributed by atoms with E-state index in [1.54, 1.807) is 0 Å². The quantitative estimate of drug-likeness (QED) is 0.885. The maximum absolute atomic E-state index is 12.5. The number of likely N-dealkylation sites (tertiary alicyclic amines) is 1. The molecule has 1 aromatic heterocycles. The number of hydrogen-bond acceptors (Lipinski definition) is 4. The number of ether oxygens (including phenoxy) is 1. The van der Waals surface area contributed by atoms with Crippen LogP contribution < -0.4 is 4.74 Å². The number of aliphatic carboxylic acids is 1. The van der Waals surface area contributed by atoms with Crippen LogP contribution in [0.1, 0.15) is 29.6 Å². The van der Waals surface area contributed by atoms with Gasteiger partial charge in [-0.1, -0.05) is 0 Å². The van der Waals surface area contributed by atoms with Gasteiger partial charge in [0.15, 0.2) is 6.61 Å². The number of amides is 1. The van der Waals surface area contributed by atoms with Gasteiger partial charge in [-0.15, -0.1) is 0 Å². The van der Waals surface area contributed by atoms with Crippen molar-refractivity contribution in [3.63, 3.8) is 0 Å². The zero-order valence-electron chi connectivity index (χ0n) is 12.8. The number of carboxylic acid groups (broad SMARTS) is 1. The van der Waals surface area contributed by atoms with Crippen LogP contribution in [-0.4, -0.2) is 52.7 Å². The Labute approximate surface area is 136 Å². The molecule has 1 aliphatic heterocycles. The average molecular weight is 346 g/mol. The molecule has 1 fully saturated rings. The van der Waals surface area contributed by atoms with E-state index in [9.17, 15) is 22.8 Å². The van der Waals surface area contributed by atoms with Crippen molar-refractivity contribution in [2.75, 3.05) is 19.7 Å². The molecule has 1 saturated heterocycles. The summed E-state index contributed by atoms with van der Waals surface area (Å²) in [5.74, 6) is -1.70. The lowest BCUT2D eigenvalue weighted by Gasteiger charge is -2.31. The minimum absolute atomic E-state index is 0.00129. The second kappa shape index (κ2) is 7.50. The summed E-state index contributed by atoms with van der Waals surface area (Å²) < 4.78 is 41.5. The van der Waals surface area contributed by atoms with E-state index in [2.05, 4.69) is 9.72 Å². The fourth-order valence-corrected chi connectivity index (χ4v) is 2.58. The van der Waals surface area contributed by atoms with Crippen LogP contribution >= 0.6 is 0 Å². The van der Waals surface area contributed by atoms with E-state index in [0.717, 1.165) is 0 Å². The molecule has 0 spiro atoms. The van der Waals surface area contributed by atoms with E-state index in [1.165, 1.54) is 23.2 Å². The molecule has 0 atom stereocenters. The Morgan fingerprint density at radius 3 is 2.58 bits per heavy atom. The van der Waals surface area contributed by atoms with Gasteiger partial charge in [0, 0.05) is 25.7 Å². The van der Waals surface area contributed by atoms with Gasteiger partial charge in [-0.05, 0) is 30.9 Å². The average Bonchev–Trinajstić information content (AvgIpc) is 2.52. The standard InChI is InChI=1S/C15H17F3N2O4/c16-15(17,18)9-24-13-11(2-1-5-19-13)14(23)20-6-3-10(4-7-20)8-12(21)22/h1-2,5,10H,3-4,6-9H2,(H,21,22). The number of piperidine rings is 1. The molecular weight excluding hydrogens is 329 g/mol. The fourth-order valence-electron chi connectivity index (χ4n) is 2.58. The fraction of sp³-hybridized carbons (Fsp3) is 0.533. The minimum atomic E-state index is -4.52. The summed E-state index contributed by atoms with van der Waals surface area (Å²) in [5, 5.41) is 8.78. The molecule has 0 bridgehead atoms. The Kier molecular flexibility index (Phi) is 5.63. The first-order valence-electron chi connectivity index (χ1n) is 7.42. The lowest BCUT2D eigenvalue weighted by atomic mass is 9.93. The molecule has 0 saturated carbocycles. The molecular formula is C15H17F3N2O4. The molecule has 0 aliphatic carbocycles. The van der Waals surface area contributed by atoms with Crippen molar-refractivity contribution in [3.05, 3.63) is 23.9 Å². The number of pyridine rings is 1. The molecule has 9 heteroatoms. The Bertz CT molecular complexity index is 599.